The fourth-order valence-electron chi connectivity index (χ4n) is 4.84. The van der Waals surface area contributed by atoms with Crippen LogP contribution in [-0.2, 0) is 7.05 Å². The summed E-state index contributed by atoms with van der Waals surface area (Å²) in [5, 5.41) is 0. The predicted octanol–water partition coefficient (Wildman–Crippen LogP) is 7.80. The van der Waals surface area contributed by atoms with Crippen molar-refractivity contribution in [2.24, 2.45) is 7.05 Å². The number of imidazole rings is 1. The Hall–Kier alpha value is -2.87. The third-order valence-corrected chi connectivity index (χ3v) is 6.72. The number of nitrogens with zero attached hydrogens (tertiary/aromatic N) is 2. The maximum absolute atomic E-state index is 2.53. The number of hydrogen-bond acceptors (Lipinski definition) is 0. The minimum atomic E-state index is 0.428. The lowest BCUT2D eigenvalue weighted by molar-refractivity contribution is -0.633. The van der Waals surface area contributed by atoms with Crippen molar-refractivity contribution in [1.82, 2.24) is 4.57 Å². The van der Waals surface area contributed by atoms with Crippen LogP contribution in [0.1, 0.15) is 81.5 Å². The molecule has 0 aliphatic rings. The largest absolute Gasteiger partial charge is 0.295 e. The first-order chi connectivity index (χ1) is 15.2. The highest BCUT2D eigenvalue weighted by Crippen LogP contribution is 2.39. The van der Waals surface area contributed by atoms with Gasteiger partial charge in [-0.05, 0) is 54.0 Å². The quantitative estimate of drug-likeness (QED) is 0.288. The molecule has 1 aromatic heterocycles. The van der Waals surface area contributed by atoms with E-state index >= 15 is 0 Å². The van der Waals surface area contributed by atoms with Gasteiger partial charge in [-0.25, -0.2) is 4.57 Å². The van der Waals surface area contributed by atoms with E-state index in [1.54, 1.807) is 0 Å². The van der Waals surface area contributed by atoms with Crippen LogP contribution in [0.5, 0.6) is 0 Å². The normalized spacial score (nSPS) is 12.0. The molecule has 2 nitrogen and oxygen atoms in total. The number of para-hydroxylation sites is 2. The van der Waals surface area contributed by atoms with Gasteiger partial charge in [0, 0.05) is 11.1 Å². The van der Waals surface area contributed by atoms with E-state index < -0.39 is 0 Å². The van der Waals surface area contributed by atoms with E-state index in [1.807, 2.05) is 0 Å². The molecule has 1 heterocycles. The highest BCUT2D eigenvalue weighted by molar-refractivity contribution is 5.81. The van der Waals surface area contributed by atoms with Gasteiger partial charge < -0.3 is 0 Å². The van der Waals surface area contributed by atoms with Crippen LogP contribution >= 0.6 is 0 Å². The first-order valence-electron chi connectivity index (χ1n) is 12.0. The number of hydrogen-bond donors (Lipinski definition) is 0. The minimum Gasteiger partial charge on any atom is -0.225 e. The first kappa shape index (κ1) is 22.3. The molecule has 166 valence electrons. The van der Waals surface area contributed by atoms with Crippen molar-refractivity contribution in [3.8, 4) is 17.1 Å². The molecule has 0 saturated heterocycles. The van der Waals surface area contributed by atoms with Crippen molar-refractivity contribution in [2.75, 3.05) is 0 Å². The molecule has 0 fully saturated rings. The summed E-state index contributed by atoms with van der Waals surface area (Å²) in [6, 6.07) is 22.5. The van der Waals surface area contributed by atoms with Crippen molar-refractivity contribution in [3.05, 3.63) is 82.9 Å². The van der Waals surface area contributed by atoms with Gasteiger partial charge >= 0.3 is 0 Å². The Bertz CT molecular complexity index is 1240. The van der Waals surface area contributed by atoms with Gasteiger partial charge in [0.2, 0.25) is 0 Å². The number of rotatable bonds is 5. The molecule has 0 bridgehead atoms. The van der Waals surface area contributed by atoms with Crippen molar-refractivity contribution < 1.29 is 4.57 Å². The zero-order chi connectivity index (χ0) is 23.2. The Labute approximate surface area is 193 Å². The molecule has 4 rings (SSSR count). The summed E-state index contributed by atoms with van der Waals surface area (Å²) in [7, 11) is 2.20. The van der Waals surface area contributed by atoms with Crippen molar-refractivity contribution in [3.63, 3.8) is 0 Å². The number of fused-ring (bicyclic) bond motifs is 1. The van der Waals surface area contributed by atoms with Crippen LogP contribution in [0, 0.1) is 6.92 Å². The van der Waals surface area contributed by atoms with E-state index in [0.29, 0.717) is 17.8 Å². The molecule has 0 unspecified atom stereocenters. The Balaban J connectivity index is 2.22. The average Bonchev–Trinajstić information content (AvgIpc) is 3.05. The lowest BCUT2D eigenvalue weighted by Gasteiger charge is -2.21. The van der Waals surface area contributed by atoms with Gasteiger partial charge in [0.1, 0.15) is 5.69 Å². The van der Waals surface area contributed by atoms with E-state index in [9.17, 15) is 0 Å². The maximum Gasteiger partial charge on any atom is 0.295 e. The highest BCUT2D eigenvalue weighted by atomic mass is 15.2. The first-order valence-corrected chi connectivity index (χ1v) is 12.0. The van der Waals surface area contributed by atoms with Crippen LogP contribution in [0.4, 0.5) is 0 Å². The lowest BCUT2D eigenvalue weighted by atomic mass is 9.87. The minimum absolute atomic E-state index is 0.428. The van der Waals surface area contributed by atoms with E-state index in [4.69, 9.17) is 0 Å². The fraction of sp³-hybridized carbons (Fsp3) is 0.367. The van der Waals surface area contributed by atoms with Crippen molar-refractivity contribution in [1.29, 1.82) is 0 Å². The van der Waals surface area contributed by atoms with E-state index in [0.717, 1.165) is 0 Å². The van der Waals surface area contributed by atoms with Gasteiger partial charge in [0.15, 0.2) is 11.0 Å². The van der Waals surface area contributed by atoms with Crippen LogP contribution in [0.25, 0.3) is 28.1 Å². The second-order valence-electron chi connectivity index (χ2n) is 10.0. The molecule has 0 amide bonds. The van der Waals surface area contributed by atoms with E-state index in [2.05, 4.69) is 125 Å². The molecular weight excluding hydrogens is 388 g/mol. The molecule has 32 heavy (non-hydrogen) atoms. The van der Waals surface area contributed by atoms with E-state index in [1.165, 1.54) is 50.4 Å². The Morgan fingerprint density at radius 2 is 1.28 bits per heavy atom. The lowest BCUT2D eigenvalue weighted by Crippen LogP contribution is -2.30. The molecule has 0 radical (unpaired) electrons. The maximum atomic E-state index is 2.53. The van der Waals surface area contributed by atoms with Crippen LogP contribution < -0.4 is 4.57 Å². The molecule has 0 saturated carbocycles. The second-order valence-corrected chi connectivity index (χ2v) is 10.0. The molecule has 0 N–H and O–H groups in total. The van der Waals surface area contributed by atoms with Gasteiger partial charge in [-0.15, -0.1) is 0 Å². The van der Waals surface area contributed by atoms with Gasteiger partial charge in [-0.2, -0.15) is 4.57 Å². The van der Waals surface area contributed by atoms with E-state index in [-0.39, 0.29) is 0 Å². The Morgan fingerprint density at radius 3 is 1.84 bits per heavy atom. The third-order valence-electron chi connectivity index (χ3n) is 6.72. The van der Waals surface area contributed by atoms with Crippen LogP contribution in [-0.4, -0.2) is 4.57 Å². The van der Waals surface area contributed by atoms with Gasteiger partial charge in [-0.1, -0.05) is 84.0 Å². The smallest absolute Gasteiger partial charge is 0.225 e. The average molecular weight is 426 g/mol. The molecule has 0 spiro atoms. The summed E-state index contributed by atoms with van der Waals surface area (Å²) < 4.78 is 4.90. The fourth-order valence-corrected chi connectivity index (χ4v) is 4.84. The van der Waals surface area contributed by atoms with Crippen molar-refractivity contribution >= 4 is 11.0 Å². The summed E-state index contributed by atoms with van der Waals surface area (Å²) in [6.45, 7) is 16.1. The standard InChI is InChI=1S/C30H37N2/c1-19(2)23-17-25(20(3)4)29(26(18-23)21(5)6)32-28-16-12-11-15-27(28)31(8)30(32)24-14-10-9-13-22(24)7/h9-21H,1-8H3/q+1. The van der Waals surface area contributed by atoms with Crippen LogP contribution in [0.2, 0.25) is 0 Å². The van der Waals surface area contributed by atoms with Crippen LogP contribution in [0.3, 0.4) is 0 Å². The SMILES string of the molecule is Cc1ccccc1-c1n(-c2c(C(C)C)cc(C(C)C)cc2C(C)C)c2ccccc2[n+]1C. The van der Waals surface area contributed by atoms with Crippen molar-refractivity contribution in [2.45, 2.75) is 66.2 Å². The summed E-state index contributed by atoms with van der Waals surface area (Å²) in [6.07, 6.45) is 0. The molecular formula is C30H37N2+. The van der Waals surface area contributed by atoms with Gasteiger partial charge in [0.25, 0.3) is 5.82 Å². The van der Waals surface area contributed by atoms with Gasteiger partial charge in [0.05, 0.1) is 12.6 Å². The molecule has 3 aromatic carbocycles. The second kappa shape index (κ2) is 8.58. The zero-order valence-electron chi connectivity index (χ0n) is 20.9. The molecule has 0 aliphatic carbocycles. The third kappa shape index (κ3) is 3.66. The molecule has 2 heteroatoms. The Morgan fingerprint density at radius 1 is 0.719 bits per heavy atom. The molecule has 4 aromatic rings. The zero-order valence-corrected chi connectivity index (χ0v) is 20.9. The number of aromatic nitrogens is 2. The molecule has 0 atom stereocenters. The summed E-state index contributed by atoms with van der Waals surface area (Å²) in [4.78, 5) is 0. The topological polar surface area (TPSA) is 8.81 Å². The summed E-state index contributed by atoms with van der Waals surface area (Å²) >= 11 is 0. The van der Waals surface area contributed by atoms with Crippen LogP contribution in [0.15, 0.2) is 60.7 Å². The summed E-state index contributed by atoms with van der Waals surface area (Å²) in [5.74, 6) is 2.60. The monoisotopic (exact) mass is 425 g/mol. The summed E-state index contributed by atoms with van der Waals surface area (Å²) in [5.41, 5.74) is 10.7. The molecule has 0 aliphatic heterocycles. The van der Waals surface area contributed by atoms with Gasteiger partial charge in [-0.3, -0.25) is 0 Å². The number of benzene rings is 3. The predicted molar refractivity (Wildman–Crippen MR) is 137 cm³/mol. The highest BCUT2D eigenvalue weighted by Gasteiger charge is 2.31. The Kier molecular flexibility index (Phi) is 5.99. The number of aryl methyl sites for hydroxylation is 2.